The lowest BCUT2D eigenvalue weighted by atomic mass is 10.2. The van der Waals surface area contributed by atoms with E-state index in [0.717, 1.165) is 145 Å². The molecule has 5 aromatic carbocycles. The standard InChI is InChI=1S/C21H19ClN6O.C21H19FN6O.C21H19N5O2.C20H19N7O.C18H17N9O/c2*22-15-3-5-17(6-4-15)28-12-8-18(25-28)21(29)24-16-7-11-27(14-16)20-19-2-1-10-26(19)13-9-23-20;27-20(17-14-28-21(24-17)15-5-2-1-3-6-15)23-16-8-11-26(13-16)19-18-7-4-10-25(18)12-9-22-19;28-20(18-23-17(24-25-18)14-5-2-1-3-6-14)22-15-8-11-27(13-15)19-16-7-4-10-26(16)12-9-21-19;28-18(15-20-11-27(24-15)14-4-2-1-3-5-14)22-13-6-8-25(10-13)16-17-23-21-12-26(17)9-7-19-16/h2*1-6,8-10,12-13,16H,7,11,14H2,(H,24,29);1-7,9-10,12,14,16H,8,11,13H2,(H,23,27);1-7,9-10,12,15,17H,8,11,13H2,(H,22,28);1-5,7,9,11-13H,6,8,10H2,(H,22,28)/t3*16-;15-,17?;13-/m00000/s1. The van der Waals surface area contributed by atoms with Crippen LogP contribution < -0.4 is 51.1 Å². The molecule has 39 nitrogen and oxygen atoms in total. The average molecular weight is 1920 g/mol. The monoisotopic (exact) mass is 1920 g/mol. The van der Waals surface area contributed by atoms with E-state index < -0.39 is 6.17 Å². The molecule has 14 aromatic heterocycles. The molecule has 5 fully saturated rings. The molecule has 5 saturated heterocycles. The van der Waals surface area contributed by atoms with Crippen molar-refractivity contribution in [2.45, 2.75) is 68.5 Å². The highest BCUT2D eigenvalue weighted by Gasteiger charge is 2.35. The van der Waals surface area contributed by atoms with Crippen LogP contribution in [0.15, 0.2) is 338 Å². The molecule has 20 heterocycles. The molecule has 0 radical (unpaired) electrons. The van der Waals surface area contributed by atoms with Crippen LogP contribution >= 0.6 is 11.6 Å². The minimum atomic E-state index is -0.432. The fourth-order valence-electron chi connectivity index (χ4n) is 18.1. The third kappa shape index (κ3) is 20.4. The van der Waals surface area contributed by atoms with Gasteiger partial charge in [0, 0.05) is 211 Å². The zero-order chi connectivity index (χ0) is 96.4. The first kappa shape index (κ1) is 90.5. The van der Waals surface area contributed by atoms with E-state index in [0.29, 0.717) is 65.5 Å². The number of para-hydroxylation sites is 1. The van der Waals surface area contributed by atoms with Crippen molar-refractivity contribution in [1.29, 1.82) is 0 Å². The Morgan fingerprint density at radius 3 is 1.24 bits per heavy atom. The summed E-state index contributed by atoms with van der Waals surface area (Å²) in [5.41, 5.74) is 10.2. The summed E-state index contributed by atoms with van der Waals surface area (Å²) < 4.78 is 33.4. The molecule has 0 spiro atoms. The van der Waals surface area contributed by atoms with Gasteiger partial charge < -0.3 is 73.1 Å². The number of anilines is 5. The second-order valence-electron chi connectivity index (χ2n) is 34.5. The highest BCUT2D eigenvalue weighted by atomic mass is 35.5. The van der Waals surface area contributed by atoms with Crippen LogP contribution in [-0.2, 0) is 4.79 Å². The van der Waals surface area contributed by atoms with Crippen molar-refractivity contribution in [2.24, 2.45) is 15.2 Å². The molecule has 712 valence electrons. The molecule has 5 amide bonds. The molecule has 1 unspecified atom stereocenters. The highest BCUT2D eigenvalue weighted by Crippen LogP contribution is 2.32. The second-order valence-corrected chi connectivity index (χ2v) is 34.9. The average Bonchev–Trinajstić information content (AvgIpc) is 1.34. The number of benzene rings is 5. The quantitative estimate of drug-likeness (QED) is 0.0473. The van der Waals surface area contributed by atoms with Crippen LogP contribution in [0.25, 0.3) is 56.2 Å². The minimum Gasteiger partial charge on any atom is -0.444 e. The van der Waals surface area contributed by atoms with Gasteiger partial charge in [-0.3, -0.25) is 28.4 Å². The zero-order valence-corrected chi connectivity index (χ0v) is 77.1. The first-order chi connectivity index (χ1) is 69.7. The van der Waals surface area contributed by atoms with Crippen LogP contribution in [0.2, 0.25) is 5.02 Å². The molecule has 0 aliphatic carbocycles. The summed E-state index contributed by atoms with van der Waals surface area (Å²) in [5, 5.41) is 45.1. The molecule has 19 aromatic rings. The SMILES string of the molecule is O=C(N[C@H]1CCN(c2nccn3cccc23)C1)C1=NC(c2ccccc2)N=N1.O=C(N[C@H]1CCN(c2nccn3cccc23)C1)c1ccn(-c2ccc(Cl)cc2)n1.O=C(N[C@H]1CCN(c2nccn3cccc23)C1)c1ccn(-c2ccc(F)cc2)n1.O=C(N[C@H]1CCN(c2nccn3cccc23)C1)c1coc(-c2ccccc2)n1.O=C(N[C@H]1CCN(c2nccn3cnnc23)C1)c1ncn(-c2ccccc2)n1. The van der Waals surface area contributed by atoms with Gasteiger partial charge in [0.25, 0.3) is 29.5 Å². The van der Waals surface area contributed by atoms with Gasteiger partial charge in [-0.15, -0.1) is 20.4 Å². The molecular weight excluding hydrogens is 1830 g/mol. The lowest BCUT2D eigenvalue weighted by Gasteiger charge is -2.18. The third-order valence-corrected chi connectivity index (χ3v) is 25.4. The van der Waals surface area contributed by atoms with Crippen LogP contribution in [-0.4, -0.2) is 227 Å². The maximum Gasteiger partial charge on any atom is 0.291 e. The molecule has 5 N–H and O–H groups in total. The number of halogens is 2. The number of aliphatic imine (C=N–C) groups is 1. The smallest absolute Gasteiger partial charge is 0.291 e. The Kier molecular flexibility index (Phi) is 26.2. The van der Waals surface area contributed by atoms with Crippen molar-refractivity contribution in [2.75, 3.05) is 89.9 Å². The number of hydrogen-bond donors (Lipinski definition) is 5. The molecular formula is C101H93ClFN33O6. The van der Waals surface area contributed by atoms with Crippen molar-refractivity contribution in [3.8, 4) is 28.5 Å². The maximum absolute atomic E-state index is 13.1. The Labute approximate surface area is 814 Å². The molecule has 41 heteroatoms. The number of nitrogens with zero attached hydrogens (tertiary/aromatic N) is 28. The van der Waals surface area contributed by atoms with E-state index in [1.54, 1.807) is 106 Å². The van der Waals surface area contributed by atoms with Gasteiger partial charge in [0.1, 0.15) is 24.7 Å². The molecule has 142 heavy (non-hydrogen) atoms. The largest absolute Gasteiger partial charge is 0.444 e. The summed E-state index contributed by atoms with van der Waals surface area (Å²) in [7, 11) is 0. The predicted molar refractivity (Wildman–Crippen MR) is 530 cm³/mol. The van der Waals surface area contributed by atoms with Crippen LogP contribution in [0.1, 0.15) is 85.9 Å². The normalized spacial score (nSPS) is 17.5. The van der Waals surface area contributed by atoms with Crippen molar-refractivity contribution >= 4 is 104 Å². The minimum absolute atomic E-state index is 0.0128. The molecule has 25 rings (SSSR count). The number of rotatable bonds is 20. The fraction of sp³-hybridized carbons (Fsp3) is 0.208. The van der Waals surface area contributed by atoms with Crippen molar-refractivity contribution in [3.63, 3.8) is 0 Å². The molecule has 6 aliphatic rings. The molecule has 6 atom stereocenters. The second kappa shape index (κ2) is 41.1. The zero-order valence-electron chi connectivity index (χ0n) is 76.3. The number of aromatic nitrogens is 20. The summed E-state index contributed by atoms with van der Waals surface area (Å²) in [6.07, 6.45) is 38.3. The topological polar surface area (TPSA) is 403 Å². The Balaban J connectivity index is 0.000000105. The Morgan fingerprint density at radius 1 is 0.366 bits per heavy atom. The predicted octanol–water partition coefficient (Wildman–Crippen LogP) is 12.2. The van der Waals surface area contributed by atoms with Gasteiger partial charge in [0.2, 0.25) is 23.2 Å². The molecule has 6 aliphatic heterocycles. The summed E-state index contributed by atoms with van der Waals surface area (Å²) in [6, 6.07) is 61.7. The number of hydrogen-bond acceptors (Lipinski definition) is 26. The van der Waals surface area contributed by atoms with Gasteiger partial charge in [-0.2, -0.15) is 15.3 Å². The van der Waals surface area contributed by atoms with Crippen molar-refractivity contribution < 1.29 is 32.8 Å². The van der Waals surface area contributed by atoms with Crippen LogP contribution in [0.5, 0.6) is 0 Å². The number of amidine groups is 1. The number of carbonyl (C=O) groups excluding carboxylic acids is 5. The Hall–Kier alpha value is -18.0. The third-order valence-electron chi connectivity index (χ3n) is 25.1. The first-order valence-electron chi connectivity index (χ1n) is 46.4. The number of nitrogens with one attached hydrogen (secondary N) is 5. The lowest BCUT2D eigenvalue weighted by molar-refractivity contribution is -0.115. The van der Waals surface area contributed by atoms with E-state index >= 15 is 0 Å². The van der Waals surface area contributed by atoms with E-state index in [9.17, 15) is 28.4 Å². The van der Waals surface area contributed by atoms with E-state index in [2.05, 4.69) is 148 Å². The Morgan fingerprint density at radius 2 is 0.768 bits per heavy atom. The van der Waals surface area contributed by atoms with Gasteiger partial charge in [0.15, 0.2) is 52.3 Å². The number of carbonyl (C=O) groups is 5. The van der Waals surface area contributed by atoms with Gasteiger partial charge in [-0.1, -0.05) is 78.3 Å². The molecule has 0 bridgehead atoms. The van der Waals surface area contributed by atoms with Gasteiger partial charge in [0.05, 0.1) is 39.1 Å². The van der Waals surface area contributed by atoms with Crippen LogP contribution in [0.4, 0.5) is 33.5 Å². The van der Waals surface area contributed by atoms with Crippen molar-refractivity contribution in [3.05, 3.63) is 358 Å². The first-order valence-corrected chi connectivity index (χ1v) is 46.8. The molecule has 0 saturated carbocycles. The van der Waals surface area contributed by atoms with Crippen molar-refractivity contribution in [1.82, 2.24) is 123 Å². The van der Waals surface area contributed by atoms with E-state index in [-0.39, 0.29) is 77.2 Å². The van der Waals surface area contributed by atoms with E-state index in [1.165, 1.54) is 18.4 Å². The van der Waals surface area contributed by atoms with Gasteiger partial charge in [-0.25, -0.2) is 58.3 Å². The fourth-order valence-corrected chi connectivity index (χ4v) is 18.2. The summed E-state index contributed by atoms with van der Waals surface area (Å²) in [4.78, 5) is 109. The number of fused-ring (bicyclic) bond motifs is 5. The van der Waals surface area contributed by atoms with Gasteiger partial charge in [-0.05, 0) is 166 Å². The van der Waals surface area contributed by atoms with Crippen LogP contribution in [0.3, 0.4) is 0 Å². The number of azo groups is 1. The van der Waals surface area contributed by atoms with E-state index in [4.69, 9.17) is 16.0 Å². The summed E-state index contributed by atoms with van der Waals surface area (Å²) in [5.74, 6) is 3.79. The number of amides is 5. The Bertz CT molecular complexity index is 7380. The lowest BCUT2D eigenvalue weighted by Crippen LogP contribution is -2.40. The summed E-state index contributed by atoms with van der Waals surface area (Å²) in [6.45, 7) is 7.61. The summed E-state index contributed by atoms with van der Waals surface area (Å²) >= 11 is 5.93. The number of oxazole rings is 1. The van der Waals surface area contributed by atoms with E-state index in [1.807, 2.05) is 209 Å². The highest BCUT2D eigenvalue weighted by molar-refractivity contribution is 6.38. The van der Waals surface area contributed by atoms with Crippen LogP contribution in [0, 0.1) is 5.82 Å². The van der Waals surface area contributed by atoms with Gasteiger partial charge >= 0.3 is 0 Å². The maximum atomic E-state index is 13.1.